The molecule has 56 heavy (non-hydrogen) atoms. The Kier molecular flexibility index (Phi) is 14.9. The van der Waals surface area contributed by atoms with Crippen LogP contribution >= 0.6 is 0 Å². The van der Waals surface area contributed by atoms with E-state index in [1.54, 1.807) is 26.1 Å². The Morgan fingerprint density at radius 3 is 2.18 bits per heavy atom. The largest absolute Gasteiger partial charge is 0.513 e. The topological polar surface area (TPSA) is 84.9 Å². The first-order valence-electron chi connectivity index (χ1n) is 19.7. The Morgan fingerprint density at radius 2 is 1.64 bits per heavy atom. The highest BCUT2D eigenvalue weighted by Crippen LogP contribution is 2.45. The summed E-state index contributed by atoms with van der Waals surface area (Å²) in [5.41, 5.74) is 5.16. The molecule has 0 radical (unpaired) electrons. The molecule has 3 aliphatic rings. The number of alkyl halides is 2. The van der Waals surface area contributed by atoms with Crippen LogP contribution < -0.4 is 10.6 Å². The SMILES string of the molecule is C=C(O)CC(NC)c1cc(-c2c(C)cc(F)cc2C)cc(C)c1F.C=C1C(C(=O)N[C@H](C=O)CC(C)C)=CC=C(C(C)(F)F)N1CCCN1CC2(CCCC2)C1. The van der Waals surface area contributed by atoms with Gasteiger partial charge < -0.3 is 30.3 Å². The monoisotopic (exact) mass is 780 g/mol. The fraction of sp³-hybridized carbons (Fsp3) is 0.511. The number of halogens is 4. The smallest absolute Gasteiger partial charge is 0.285 e. The van der Waals surface area contributed by atoms with E-state index in [2.05, 4.69) is 28.7 Å². The minimum atomic E-state index is -3.05. The molecule has 3 N–H and O–H groups in total. The summed E-state index contributed by atoms with van der Waals surface area (Å²) < 4.78 is 56.8. The van der Waals surface area contributed by atoms with E-state index in [0.29, 0.717) is 42.2 Å². The zero-order chi connectivity index (χ0) is 41.5. The van der Waals surface area contributed by atoms with Crippen molar-refractivity contribution in [2.24, 2.45) is 11.3 Å². The number of carbonyl (C=O) groups excluding carboxylic acids is 2. The summed E-state index contributed by atoms with van der Waals surface area (Å²) in [6.07, 6.45) is 10.1. The summed E-state index contributed by atoms with van der Waals surface area (Å²) in [5, 5.41) is 15.2. The molecule has 1 unspecified atom stereocenters. The molecule has 1 saturated carbocycles. The van der Waals surface area contributed by atoms with Gasteiger partial charge in [0.25, 0.3) is 11.8 Å². The number of carbonyl (C=O) groups is 2. The number of hydrogen-bond donors (Lipinski definition) is 3. The van der Waals surface area contributed by atoms with Crippen LogP contribution in [0.5, 0.6) is 0 Å². The van der Waals surface area contributed by atoms with Gasteiger partial charge in [-0.05, 0) is 136 Å². The molecule has 1 spiro atoms. The molecule has 0 aromatic heterocycles. The van der Waals surface area contributed by atoms with Crippen LogP contribution in [0.3, 0.4) is 0 Å². The predicted molar refractivity (Wildman–Crippen MR) is 216 cm³/mol. The van der Waals surface area contributed by atoms with Gasteiger partial charge in [-0.2, -0.15) is 0 Å². The average molecular weight is 781 g/mol. The number of aldehydes is 1. The fourth-order valence-corrected chi connectivity index (χ4v) is 8.51. The van der Waals surface area contributed by atoms with E-state index >= 15 is 0 Å². The molecular formula is C45H60F4N4O3. The lowest BCUT2D eigenvalue weighted by Gasteiger charge is -2.48. The van der Waals surface area contributed by atoms with Crippen molar-refractivity contribution in [3.05, 3.63) is 106 Å². The molecule has 2 heterocycles. The van der Waals surface area contributed by atoms with Gasteiger partial charge in [-0.3, -0.25) is 4.79 Å². The Morgan fingerprint density at radius 1 is 1.02 bits per heavy atom. The van der Waals surface area contributed by atoms with E-state index in [9.17, 15) is 32.3 Å². The number of likely N-dealkylation sites (tertiary alicyclic amines) is 1. The fourth-order valence-electron chi connectivity index (χ4n) is 8.51. The lowest BCUT2D eigenvalue weighted by molar-refractivity contribution is -0.121. The van der Waals surface area contributed by atoms with E-state index in [-0.39, 0.29) is 52.7 Å². The highest BCUT2D eigenvalue weighted by molar-refractivity contribution is 5.99. The average Bonchev–Trinajstić information content (AvgIpc) is 3.58. The number of aliphatic hydroxyl groups excluding tert-OH is 1. The van der Waals surface area contributed by atoms with Crippen molar-refractivity contribution in [1.29, 1.82) is 0 Å². The Labute approximate surface area is 330 Å². The number of rotatable bonds is 15. The summed E-state index contributed by atoms with van der Waals surface area (Å²) in [5.74, 6) is -3.87. The van der Waals surface area contributed by atoms with Gasteiger partial charge in [-0.1, -0.05) is 39.8 Å². The van der Waals surface area contributed by atoms with Gasteiger partial charge >= 0.3 is 0 Å². The minimum Gasteiger partial charge on any atom is -0.513 e. The number of nitrogens with one attached hydrogen (secondary N) is 2. The highest BCUT2D eigenvalue weighted by Gasteiger charge is 2.44. The first-order valence-corrected chi connectivity index (χ1v) is 19.7. The molecule has 306 valence electrons. The molecule has 2 aliphatic heterocycles. The predicted octanol–water partition coefficient (Wildman–Crippen LogP) is 9.56. The van der Waals surface area contributed by atoms with Crippen molar-refractivity contribution >= 4 is 12.2 Å². The molecule has 1 aliphatic carbocycles. The summed E-state index contributed by atoms with van der Waals surface area (Å²) in [7, 11) is 1.71. The van der Waals surface area contributed by atoms with Crippen molar-refractivity contribution in [2.75, 3.05) is 33.2 Å². The minimum absolute atomic E-state index is 0.00838. The van der Waals surface area contributed by atoms with Gasteiger partial charge in [0.05, 0.1) is 23.1 Å². The van der Waals surface area contributed by atoms with Crippen molar-refractivity contribution in [1.82, 2.24) is 20.4 Å². The van der Waals surface area contributed by atoms with Crippen LogP contribution in [0.1, 0.15) is 94.0 Å². The number of aliphatic hydroxyl groups is 1. The number of allylic oxidation sites excluding steroid dienone is 3. The molecule has 1 saturated heterocycles. The van der Waals surface area contributed by atoms with E-state index in [4.69, 9.17) is 0 Å². The van der Waals surface area contributed by atoms with Gasteiger partial charge in [0, 0.05) is 50.3 Å². The Hall–Kier alpha value is -4.22. The molecule has 2 aromatic rings. The van der Waals surface area contributed by atoms with Crippen molar-refractivity contribution in [3.8, 4) is 11.1 Å². The standard InChI is InChI=1S/C25H37F2N3O2.C20H23F2NO/c1-18(2)14-20(15-31)28-23(32)21-8-9-22(24(4,26)27)30(19(21)3)13-7-12-29-16-25(17-29)10-5-6-11-25;1-11-7-16(21)8-12(2)19(11)15-6-13(3)20(22)17(10-15)18(23-5)9-14(4)24/h8-9,15,18,20H,3,5-7,10-14,16-17H2,1-2,4H3,(H,28,32);6-8,10,18,23-24H,4,9H2,1-3,5H3/t20-;/m0./s1. The molecule has 5 rings (SSSR count). The van der Waals surface area contributed by atoms with Gasteiger partial charge in [-0.25, -0.2) is 17.6 Å². The molecule has 2 aromatic carbocycles. The maximum atomic E-state index is 14.6. The Balaban J connectivity index is 0.000000259. The quantitative estimate of drug-likeness (QED) is 0.0949. The second-order valence-electron chi connectivity index (χ2n) is 16.5. The third-order valence-electron chi connectivity index (χ3n) is 11.1. The van der Waals surface area contributed by atoms with Crippen LogP contribution in [0.2, 0.25) is 0 Å². The maximum absolute atomic E-state index is 14.6. The summed E-state index contributed by atoms with van der Waals surface area (Å²) in [6, 6.07) is 5.49. The zero-order valence-electron chi connectivity index (χ0n) is 34.1. The summed E-state index contributed by atoms with van der Waals surface area (Å²) in [4.78, 5) is 28.0. The summed E-state index contributed by atoms with van der Waals surface area (Å²) >= 11 is 0. The molecule has 7 nitrogen and oxygen atoms in total. The first kappa shape index (κ1) is 44.5. The lowest BCUT2D eigenvalue weighted by Crippen LogP contribution is -2.55. The molecule has 11 heteroatoms. The molecule has 1 amide bonds. The second kappa shape index (κ2) is 18.8. The van der Waals surface area contributed by atoms with Crippen molar-refractivity contribution in [3.63, 3.8) is 0 Å². The maximum Gasteiger partial charge on any atom is 0.285 e. The van der Waals surface area contributed by atoms with Crippen LogP contribution in [-0.4, -0.2) is 72.3 Å². The van der Waals surface area contributed by atoms with Crippen LogP contribution in [-0.2, 0) is 9.59 Å². The third kappa shape index (κ3) is 11.0. The third-order valence-corrected chi connectivity index (χ3v) is 11.1. The van der Waals surface area contributed by atoms with E-state index in [1.165, 1.54) is 54.9 Å². The van der Waals surface area contributed by atoms with Gasteiger partial charge in [0.2, 0.25) is 0 Å². The van der Waals surface area contributed by atoms with Crippen molar-refractivity contribution in [2.45, 2.75) is 104 Å². The number of hydrogen-bond acceptors (Lipinski definition) is 6. The normalized spacial score (nSPS) is 17.8. The van der Waals surface area contributed by atoms with E-state index < -0.39 is 17.9 Å². The molecular weight excluding hydrogens is 721 g/mol. The van der Waals surface area contributed by atoms with E-state index in [1.807, 2.05) is 27.7 Å². The van der Waals surface area contributed by atoms with Crippen LogP contribution in [0, 0.1) is 43.7 Å². The number of nitrogens with zero attached hydrogens (tertiary/aromatic N) is 2. The second-order valence-corrected chi connectivity index (χ2v) is 16.5. The number of benzene rings is 2. The highest BCUT2D eigenvalue weighted by atomic mass is 19.3. The molecule has 2 fully saturated rings. The lowest BCUT2D eigenvalue weighted by atomic mass is 9.78. The molecule has 0 bridgehead atoms. The van der Waals surface area contributed by atoms with Crippen LogP contribution in [0.25, 0.3) is 11.1 Å². The van der Waals surface area contributed by atoms with Crippen LogP contribution in [0.15, 0.2) is 72.3 Å². The Bertz CT molecular complexity index is 1810. The number of aryl methyl sites for hydroxylation is 3. The first-order chi connectivity index (χ1) is 26.3. The number of amides is 1. The summed E-state index contributed by atoms with van der Waals surface area (Å²) in [6.45, 7) is 21.1. The van der Waals surface area contributed by atoms with E-state index in [0.717, 1.165) is 48.8 Å². The zero-order valence-corrected chi connectivity index (χ0v) is 34.1. The molecule has 2 atom stereocenters. The van der Waals surface area contributed by atoms with Crippen molar-refractivity contribution < 1.29 is 32.3 Å². The van der Waals surface area contributed by atoms with Gasteiger partial charge in [0.1, 0.15) is 17.9 Å². The van der Waals surface area contributed by atoms with Gasteiger partial charge in [-0.15, -0.1) is 0 Å². The van der Waals surface area contributed by atoms with Gasteiger partial charge in [0.15, 0.2) is 0 Å². The van der Waals surface area contributed by atoms with Crippen LogP contribution in [0.4, 0.5) is 17.6 Å².